The van der Waals surface area contributed by atoms with Crippen molar-refractivity contribution >= 4 is 23.5 Å². The maximum atomic E-state index is 7.93. The second-order valence-corrected chi connectivity index (χ2v) is 3.34. The summed E-state index contributed by atoms with van der Waals surface area (Å²) >= 11 is 3.06. The predicted molar refractivity (Wildman–Crippen MR) is 37.3 cm³/mol. The number of hydrogen-bond acceptors (Lipinski definition) is 3. The normalized spacial score (nSPS) is 18.5. The van der Waals surface area contributed by atoms with Gasteiger partial charge in [-0.15, -0.1) is 23.5 Å². The second-order valence-electron chi connectivity index (χ2n) is 1.06. The van der Waals surface area contributed by atoms with Crippen LogP contribution >= 0.6 is 23.5 Å². The zero-order valence-electron chi connectivity index (χ0n) is 3.89. The van der Waals surface area contributed by atoms with Crippen LogP contribution in [0.15, 0.2) is 15.9 Å². The summed E-state index contributed by atoms with van der Waals surface area (Å²) in [5.41, 5.74) is 7.93. The summed E-state index contributed by atoms with van der Waals surface area (Å²) in [6.07, 6.45) is 0. The number of rotatable bonds is 1. The molecule has 0 fully saturated rings. The Kier molecular flexibility index (Phi) is 2.14. The lowest BCUT2D eigenvalue weighted by molar-refractivity contribution is 1.27. The molecular weight excluding hydrogens is 142 g/mol. The number of hydrogen-bond donors (Lipinski definition) is 0. The van der Waals surface area contributed by atoms with Crippen LogP contribution in [0.1, 0.15) is 0 Å². The minimum absolute atomic E-state index is 0.0417. The minimum Gasteiger partial charge on any atom is -0.113 e. The van der Waals surface area contributed by atoms with Gasteiger partial charge in [0.25, 0.3) is 0 Å². The molecule has 3 nitrogen and oxygen atoms in total. The molecule has 8 heavy (non-hydrogen) atoms. The highest BCUT2D eigenvalue weighted by Gasteiger charge is 2.06. The standard InChI is InChI=1S/C3H3N3S2/c4-6-5-3-7-1-2-8-3/h1-3H. The van der Waals surface area contributed by atoms with Crippen LogP contribution in [0.3, 0.4) is 0 Å². The van der Waals surface area contributed by atoms with Crippen LogP contribution in [0.4, 0.5) is 0 Å². The van der Waals surface area contributed by atoms with Gasteiger partial charge in [0.2, 0.25) is 0 Å². The molecule has 0 aliphatic carbocycles. The van der Waals surface area contributed by atoms with E-state index in [4.69, 9.17) is 5.53 Å². The van der Waals surface area contributed by atoms with Crippen LogP contribution in [0, 0.1) is 0 Å². The molecule has 1 aliphatic heterocycles. The van der Waals surface area contributed by atoms with E-state index in [1.807, 2.05) is 10.8 Å². The van der Waals surface area contributed by atoms with Crippen molar-refractivity contribution in [1.82, 2.24) is 0 Å². The zero-order valence-corrected chi connectivity index (χ0v) is 5.52. The first-order chi connectivity index (χ1) is 3.93. The molecule has 1 heterocycles. The Hall–Kier alpha value is -0.250. The fourth-order valence-corrected chi connectivity index (χ4v) is 1.94. The molecule has 1 aliphatic rings. The van der Waals surface area contributed by atoms with Crippen molar-refractivity contribution in [3.05, 3.63) is 21.3 Å². The molecule has 0 aromatic heterocycles. The number of azide groups is 1. The van der Waals surface area contributed by atoms with Crippen LogP contribution in [-0.4, -0.2) is 4.71 Å². The molecule has 1 rings (SSSR count). The number of thioether (sulfide) groups is 2. The van der Waals surface area contributed by atoms with Gasteiger partial charge in [0.15, 0.2) is 0 Å². The minimum atomic E-state index is 0.0417. The van der Waals surface area contributed by atoms with Crippen molar-refractivity contribution in [2.24, 2.45) is 5.11 Å². The topological polar surface area (TPSA) is 48.8 Å². The van der Waals surface area contributed by atoms with Crippen molar-refractivity contribution in [3.8, 4) is 0 Å². The van der Waals surface area contributed by atoms with Gasteiger partial charge in [0.05, 0.1) is 0 Å². The Morgan fingerprint density at radius 1 is 1.50 bits per heavy atom. The van der Waals surface area contributed by atoms with Crippen molar-refractivity contribution in [3.63, 3.8) is 0 Å². The third-order valence-corrected chi connectivity index (χ3v) is 2.67. The van der Waals surface area contributed by atoms with Crippen LogP contribution in [0.25, 0.3) is 10.4 Å². The largest absolute Gasteiger partial charge is 0.137 e. The van der Waals surface area contributed by atoms with E-state index in [1.165, 1.54) is 23.5 Å². The first-order valence-electron chi connectivity index (χ1n) is 1.93. The first kappa shape index (κ1) is 5.88. The Morgan fingerprint density at radius 2 is 2.12 bits per heavy atom. The monoisotopic (exact) mass is 145 g/mol. The van der Waals surface area contributed by atoms with Gasteiger partial charge in [0.1, 0.15) is 4.71 Å². The lowest BCUT2D eigenvalue weighted by Gasteiger charge is -1.92. The van der Waals surface area contributed by atoms with E-state index in [9.17, 15) is 0 Å². The van der Waals surface area contributed by atoms with E-state index in [-0.39, 0.29) is 4.71 Å². The molecule has 0 spiro atoms. The van der Waals surface area contributed by atoms with Crippen LogP contribution in [0.5, 0.6) is 0 Å². The summed E-state index contributed by atoms with van der Waals surface area (Å²) in [7, 11) is 0. The zero-order chi connectivity index (χ0) is 5.82. The molecule has 42 valence electrons. The highest BCUT2D eigenvalue weighted by molar-refractivity contribution is 8.22. The Labute approximate surface area is 55.2 Å². The van der Waals surface area contributed by atoms with Crippen molar-refractivity contribution in [1.29, 1.82) is 0 Å². The fourth-order valence-electron chi connectivity index (χ4n) is 0.327. The molecule has 0 bridgehead atoms. The first-order valence-corrected chi connectivity index (χ1v) is 3.82. The van der Waals surface area contributed by atoms with E-state index in [0.29, 0.717) is 0 Å². The highest BCUT2D eigenvalue weighted by Crippen LogP contribution is 2.33. The third-order valence-electron chi connectivity index (χ3n) is 0.591. The summed E-state index contributed by atoms with van der Waals surface area (Å²) in [5, 5.41) is 7.31. The Morgan fingerprint density at radius 3 is 2.62 bits per heavy atom. The fraction of sp³-hybridized carbons (Fsp3) is 0.333. The Balaban J connectivity index is 2.40. The van der Waals surface area contributed by atoms with Crippen LogP contribution in [0.2, 0.25) is 0 Å². The SMILES string of the molecule is [N-]=[N+]=NC1SC=CS1. The molecule has 0 radical (unpaired) electrons. The van der Waals surface area contributed by atoms with E-state index in [1.54, 1.807) is 0 Å². The lowest BCUT2D eigenvalue weighted by atomic mass is 11.3. The molecular formula is C3H3N3S2. The van der Waals surface area contributed by atoms with Gasteiger partial charge in [0, 0.05) is 4.91 Å². The summed E-state index contributed by atoms with van der Waals surface area (Å²) in [4.78, 5) is 2.66. The summed E-state index contributed by atoms with van der Waals surface area (Å²) in [6.45, 7) is 0. The molecule has 0 N–H and O–H groups in total. The van der Waals surface area contributed by atoms with Gasteiger partial charge in [-0.05, 0) is 16.3 Å². The number of nitrogens with zero attached hydrogens (tertiary/aromatic N) is 3. The van der Waals surface area contributed by atoms with Crippen LogP contribution in [-0.2, 0) is 0 Å². The molecule has 5 heteroatoms. The average molecular weight is 145 g/mol. The molecule has 0 aromatic carbocycles. The summed E-state index contributed by atoms with van der Waals surface area (Å²) < 4.78 is 0.0417. The maximum Gasteiger partial charge on any atom is 0.137 e. The van der Waals surface area contributed by atoms with Gasteiger partial charge in [-0.2, -0.15) is 0 Å². The van der Waals surface area contributed by atoms with Gasteiger partial charge in [-0.1, -0.05) is 5.11 Å². The summed E-state index contributed by atoms with van der Waals surface area (Å²) in [5.74, 6) is 0. The predicted octanol–water partition coefficient (Wildman–Crippen LogP) is 2.53. The molecule has 0 aromatic rings. The van der Waals surface area contributed by atoms with Gasteiger partial charge < -0.3 is 0 Å². The average Bonchev–Trinajstić information content (AvgIpc) is 2.19. The third kappa shape index (κ3) is 1.36. The summed E-state index contributed by atoms with van der Waals surface area (Å²) in [6, 6.07) is 0. The molecule has 0 unspecified atom stereocenters. The van der Waals surface area contributed by atoms with Crippen molar-refractivity contribution in [2.45, 2.75) is 4.71 Å². The lowest BCUT2D eigenvalue weighted by Crippen LogP contribution is -1.78. The molecule has 0 saturated heterocycles. The second kappa shape index (κ2) is 2.91. The quantitative estimate of drug-likeness (QED) is 0.323. The van der Waals surface area contributed by atoms with E-state index < -0.39 is 0 Å². The van der Waals surface area contributed by atoms with Gasteiger partial charge >= 0.3 is 0 Å². The highest BCUT2D eigenvalue weighted by atomic mass is 32.2. The van der Waals surface area contributed by atoms with E-state index in [2.05, 4.69) is 10.0 Å². The molecule has 0 atom stereocenters. The van der Waals surface area contributed by atoms with Crippen molar-refractivity contribution < 1.29 is 0 Å². The van der Waals surface area contributed by atoms with Gasteiger partial charge in [-0.25, -0.2) is 0 Å². The maximum absolute atomic E-state index is 7.93. The van der Waals surface area contributed by atoms with E-state index in [0.717, 1.165) is 0 Å². The Bertz CT molecular complexity index is 141. The van der Waals surface area contributed by atoms with E-state index >= 15 is 0 Å². The molecule has 0 saturated carbocycles. The van der Waals surface area contributed by atoms with Crippen LogP contribution < -0.4 is 0 Å². The van der Waals surface area contributed by atoms with Crippen molar-refractivity contribution in [2.75, 3.05) is 0 Å². The smallest absolute Gasteiger partial charge is 0.113 e. The van der Waals surface area contributed by atoms with Gasteiger partial charge in [-0.3, -0.25) is 0 Å². The molecule has 0 amide bonds.